The smallest absolute Gasteiger partial charge is 0.340 e. The molecule has 1 aliphatic rings. The van der Waals surface area contributed by atoms with Crippen molar-refractivity contribution in [2.45, 2.75) is 20.5 Å². The van der Waals surface area contributed by atoms with E-state index in [0.29, 0.717) is 22.8 Å². The van der Waals surface area contributed by atoms with Crippen molar-refractivity contribution in [3.8, 4) is 11.5 Å². The molecule has 2 aromatic carbocycles. The molecule has 0 saturated carbocycles. The first-order chi connectivity index (χ1) is 12.1. The third kappa shape index (κ3) is 2.78. The van der Waals surface area contributed by atoms with E-state index in [0.717, 1.165) is 22.0 Å². The maximum absolute atomic E-state index is 12.6. The van der Waals surface area contributed by atoms with Crippen molar-refractivity contribution in [2.75, 3.05) is 6.79 Å². The average molecular weight is 335 g/mol. The molecule has 0 atom stereocenters. The van der Waals surface area contributed by atoms with Gasteiger partial charge in [0.2, 0.25) is 6.79 Å². The number of hydrogen-bond acceptors (Lipinski definition) is 5. The number of carbonyl (C=O) groups excluding carboxylic acids is 1. The van der Waals surface area contributed by atoms with E-state index in [1.807, 2.05) is 56.3 Å². The number of rotatable bonds is 3. The van der Waals surface area contributed by atoms with E-state index in [2.05, 4.69) is 4.98 Å². The lowest BCUT2D eigenvalue weighted by Crippen LogP contribution is -2.11. The highest BCUT2D eigenvalue weighted by Crippen LogP contribution is 2.37. The lowest BCUT2D eigenvalue weighted by molar-refractivity contribution is 0.0470. The Morgan fingerprint density at radius 1 is 1.12 bits per heavy atom. The normalized spacial score (nSPS) is 12.4. The van der Waals surface area contributed by atoms with Crippen LogP contribution in [0.5, 0.6) is 11.5 Å². The zero-order chi connectivity index (χ0) is 17.4. The molecular formula is C20H17NO4. The molecule has 0 saturated heterocycles. The van der Waals surface area contributed by atoms with E-state index in [1.54, 1.807) is 0 Å². The van der Waals surface area contributed by atoms with E-state index < -0.39 is 0 Å². The summed E-state index contributed by atoms with van der Waals surface area (Å²) in [6.07, 6.45) is 0. The first-order valence-corrected chi connectivity index (χ1v) is 8.05. The molecule has 5 heteroatoms. The number of fused-ring (bicyclic) bond motifs is 2. The number of pyridine rings is 1. The molecule has 3 aromatic rings. The van der Waals surface area contributed by atoms with Crippen molar-refractivity contribution >= 4 is 16.9 Å². The highest BCUT2D eigenvalue weighted by molar-refractivity contribution is 5.99. The van der Waals surface area contributed by atoms with Gasteiger partial charge in [0, 0.05) is 11.5 Å². The molecule has 0 aliphatic carbocycles. The van der Waals surface area contributed by atoms with Gasteiger partial charge in [-0.1, -0.05) is 30.3 Å². The number of ether oxygens (including phenoxy) is 3. The first kappa shape index (κ1) is 15.4. The van der Waals surface area contributed by atoms with E-state index >= 15 is 0 Å². The molecule has 1 aromatic heterocycles. The van der Waals surface area contributed by atoms with Gasteiger partial charge in [0.15, 0.2) is 11.5 Å². The Morgan fingerprint density at radius 3 is 2.60 bits per heavy atom. The largest absolute Gasteiger partial charge is 0.457 e. The Labute approximate surface area is 145 Å². The Bertz CT molecular complexity index is 967. The molecule has 0 N–H and O–H groups in total. The highest BCUT2D eigenvalue weighted by atomic mass is 16.7. The summed E-state index contributed by atoms with van der Waals surface area (Å²) < 4.78 is 16.3. The molecule has 0 fully saturated rings. The zero-order valence-corrected chi connectivity index (χ0v) is 14.0. The average Bonchev–Trinajstić information content (AvgIpc) is 3.07. The Kier molecular flexibility index (Phi) is 3.76. The Hall–Kier alpha value is -3.08. The lowest BCUT2D eigenvalue weighted by Gasteiger charge is -2.12. The van der Waals surface area contributed by atoms with Gasteiger partial charge in [-0.15, -0.1) is 0 Å². The first-order valence-electron chi connectivity index (χ1n) is 8.05. The van der Waals surface area contributed by atoms with Crippen LogP contribution >= 0.6 is 0 Å². The fourth-order valence-electron chi connectivity index (χ4n) is 3.06. The summed E-state index contributed by atoms with van der Waals surface area (Å²) in [5.74, 6) is 0.981. The molecule has 2 heterocycles. The summed E-state index contributed by atoms with van der Waals surface area (Å²) in [6.45, 7) is 4.15. The van der Waals surface area contributed by atoms with Crippen LogP contribution in [0.1, 0.15) is 27.2 Å². The zero-order valence-electron chi connectivity index (χ0n) is 14.0. The van der Waals surface area contributed by atoms with Gasteiger partial charge >= 0.3 is 5.97 Å². The van der Waals surface area contributed by atoms with E-state index in [9.17, 15) is 4.79 Å². The Morgan fingerprint density at radius 2 is 1.84 bits per heavy atom. The van der Waals surface area contributed by atoms with Crippen molar-refractivity contribution in [1.82, 2.24) is 4.98 Å². The molecule has 126 valence electrons. The molecular weight excluding hydrogens is 318 g/mol. The van der Waals surface area contributed by atoms with Crippen LogP contribution in [0.4, 0.5) is 0 Å². The molecule has 0 radical (unpaired) electrons. The quantitative estimate of drug-likeness (QED) is 0.679. The number of aryl methyl sites for hydroxylation is 2. The van der Waals surface area contributed by atoms with E-state index in [1.165, 1.54) is 0 Å². The minimum Gasteiger partial charge on any atom is -0.457 e. The van der Waals surface area contributed by atoms with Crippen LogP contribution < -0.4 is 9.47 Å². The number of hydrogen-bond donors (Lipinski definition) is 0. The van der Waals surface area contributed by atoms with Crippen LogP contribution in [0.3, 0.4) is 0 Å². The third-order valence-electron chi connectivity index (χ3n) is 4.34. The van der Waals surface area contributed by atoms with Crippen LogP contribution in [0.2, 0.25) is 0 Å². The van der Waals surface area contributed by atoms with Gasteiger partial charge in [0.1, 0.15) is 6.61 Å². The maximum atomic E-state index is 12.6. The number of esters is 1. The second-order valence-electron chi connectivity index (χ2n) is 5.98. The van der Waals surface area contributed by atoms with Crippen molar-refractivity contribution in [3.05, 3.63) is 64.8 Å². The summed E-state index contributed by atoms with van der Waals surface area (Å²) in [7, 11) is 0. The van der Waals surface area contributed by atoms with Crippen LogP contribution in [0, 0.1) is 13.8 Å². The minimum absolute atomic E-state index is 0.204. The molecule has 0 bridgehead atoms. The van der Waals surface area contributed by atoms with Gasteiger partial charge in [-0.2, -0.15) is 0 Å². The predicted octanol–water partition coefficient (Wildman–Crippen LogP) is 3.94. The lowest BCUT2D eigenvalue weighted by atomic mass is 10.0. The SMILES string of the molecule is Cc1nc2cc3c(cc2c(C)c1C(=O)OCc1ccccc1)OCO3. The molecule has 4 rings (SSSR count). The molecule has 5 nitrogen and oxygen atoms in total. The van der Waals surface area contributed by atoms with E-state index in [4.69, 9.17) is 14.2 Å². The van der Waals surface area contributed by atoms with Crippen molar-refractivity contribution in [3.63, 3.8) is 0 Å². The summed E-state index contributed by atoms with van der Waals surface area (Å²) >= 11 is 0. The number of benzene rings is 2. The monoisotopic (exact) mass is 335 g/mol. The Balaban J connectivity index is 1.69. The standard InChI is InChI=1S/C20H17NO4/c1-12-15-8-17-18(25-11-24-17)9-16(15)21-13(2)19(12)20(22)23-10-14-6-4-3-5-7-14/h3-9H,10-11H2,1-2H3. The van der Waals surface area contributed by atoms with Gasteiger partial charge in [-0.25, -0.2) is 4.79 Å². The highest BCUT2D eigenvalue weighted by Gasteiger charge is 2.21. The predicted molar refractivity (Wildman–Crippen MR) is 92.9 cm³/mol. The minimum atomic E-state index is -0.370. The van der Waals surface area contributed by atoms with Crippen LogP contribution in [-0.2, 0) is 11.3 Å². The number of carbonyl (C=O) groups is 1. The molecule has 0 amide bonds. The molecule has 25 heavy (non-hydrogen) atoms. The van der Waals surface area contributed by atoms with Crippen molar-refractivity contribution in [2.24, 2.45) is 0 Å². The van der Waals surface area contributed by atoms with Crippen LogP contribution in [0.25, 0.3) is 10.9 Å². The van der Waals surface area contributed by atoms with Gasteiger partial charge in [0.05, 0.1) is 16.8 Å². The van der Waals surface area contributed by atoms with Gasteiger partial charge in [-0.05, 0) is 31.0 Å². The summed E-state index contributed by atoms with van der Waals surface area (Å²) in [4.78, 5) is 17.2. The van der Waals surface area contributed by atoms with Crippen molar-refractivity contribution < 1.29 is 19.0 Å². The van der Waals surface area contributed by atoms with E-state index in [-0.39, 0.29) is 19.4 Å². The van der Waals surface area contributed by atoms with Crippen LogP contribution in [0.15, 0.2) is 42.5 Å². The fourth-order valence-corrected chi connectivity index (χ4v) is 3.06. The summed E-state index contributed by atoms with van der Waals surface area (Å²) in [6, 6.07) is 13.3. The summed E-state index contributed by atoms with van der Waals surface area (Å²) in [5, 5.41) is 0.863. The third-order valence-corrected chi connectivity index (χ3v) is 4.34. The molecule has 0 spiro atoms. The second-order valence-corrected chi connectivity index (χ2v) is 5.98. The number of nitrogens with zero attached hydrogens (tertiary/aromatic N) is 1. The van der Waals surface area contributed by atoms with Crippen LogP contribution in [-0.4, -0.2) is 17.7 Å². The summed E-state index contributed by atoms with van der Waals surface area (Å²) in [5.41, 5.74) is 3.70. The van der Waals surface area contributed by atoms with Crippen molar-refractivity contribution in [1.29, 1.82) is 0 Å². The molecule has 1 aliphatic heterocycles. The van der Waals surface area contributed by atoms with Gasteiger partial charge in [0.25, 0.3) is 0 Å². The maximum Gasteiger partial charge on any atom is 0.340 e. The number of aromatic nitrogens is 1. The molecule has 0 unspecified atom stereocenters. The fraction of sp³-hybridized carbons (Fsp3) is 0.200. The van der Waals surface area contributed by atoms with Gasteiger partial charge < -0.3 is 14.2 Å². The topological polar surface area (TPSA) is 57.7 Å². The van der Waals surface area contributed by atoms with Gasteiger partial charge in [-0.3, -0.25) is 4.98 Å². The second kappa shape index (κ2) is 6.09.